The van der Waals surface area contributed by atoms with Gasteiger partial charge in [0.1, 0.15) is 11.6 Å². The van der Waals surface area contributed by atoms with Gasteiger partial charge in [0, 0.05) is 61.3 Å². The molecule has 0 unspecified atom stereocenters. The van der Waals surface area contributed by atoms with Crippen molar-refractivity contribution in [1.82, 2.24) is 24.9 Å². The third kappa shape index (κ3) is 4.55. The Morgan fingerprint density at radius 3 is 2.67 bits per heavy atom. The molecule has 4 heterocycles. The number of piperidine rings is 1. The van der Waals surface area contributed by atoms with Crippen LogP contribution in [0.25, 0.3) is 16.9 Å². The zero-order valence-corrected chi connectivity index (χ0v) is 18.4. The highest BCUT2D eigenvalue weighted by Gasteiger charge is 2.26. The van der Waals surface area contributed by atoms with E-state index in [2.05, 4.69) is 20.2 Å². The largest absolute Gasteiger partial charge is 0.356 e. The maximum Gasteiger partial charge on any atom is 0.223 e. The molecule has 1 aliphatic heterocycles. The monoisotopic (exact) mass is 444 g/mol. The van der Waals surface area contributed by atoms with Gasteiger partial charge in [-0.2, -0.15) is 9.61 Å². The molecule has 1 saturated heterocycles. The minimum atomic E-state index is -0.274. The summed E-state index contributed by atoms with van der Waals surface area (Å²) >= 11 is 0. The van der Waals surface area contributed by atoms with Crippen molar-refractivity contribution >= 4 is 17.4 Å². The van der Waals surface area contributed by atoms with E-state index in [1.54, 1.807) is 24.5 Å². The first-order chi connectivity index (χ1) is 16.1. The molecule has 7 nitrogen and oxygen atoms in total. The quantitative estimate of drug-likeness (QED) is 0.507. The van der Waals surface area contributed by atoms with Crippen molar-refractivity contribution in [2.45, 2.75) is 26.3 Å². The van der Waals surface area contributed by atoms with Crippen LogP contribution in [0.3, 0.4) is 0 Å². The summed E-state index contributed by atoms with van der Waals surface area (Å²) in [5.74, 6) is 0.764. The van der Waals surface area contributed by atoms with Crippen LogP contribution in [0, 0.1) is 18.7 Å². The van der Waals surface area contributed by atoms with Gasteiger partial charge in [0.25, 0.3) is 0 Å². The lowest BCUT2D eigenvalue weighted by atomic mass is 9.96. The average Bonchev–Trinajstić information content (AvgIpc) is 3.27. The molecular weight excluding hydrogens is 419 g/mol. The third-order valence-corrected chi connectivity index (χ3v) is 6.06. The predicted molar refractivity (Wildman–Crippen MR) is 124 cm³/mol. The minimum Gasteiger partial charge on any atom is -0.356 e. The van der Waals surface area contributed by atoms with E-state index in [1.807, 2.05) is 35.7 Å². The van der Waals surface area contributed by atoms with Crippen LogP contribution in [-0.2, 0) is 11.3 Å². The summed E-state index contributed by atoms with van der Waals surface area (Å²) in [6.45, 7) is 3.98. The first-order valence-corrected chi connectivity index (χ1v) is 11.1. The molecule has 1 aliphatic rings. The molecule has 1 N–H and O–H groups in total. The number of aromatic nitrogens is 4. The highest BCUT2D eigenvalue weighted by atomic mass is 19.1. The van der Waals surface area contributed by atoms with Crippen molar-refractivity contribution in [1.29, 1.82) is 0 Å². The Balaban J connectivity index is 1.30. The Labute approximate surface area is 191 Å². The van der Waals surface area contributed by atoms with Gasteiger partial charge in [-0.25, -0.2) is 9.37 Å². The van der Waals surface area contributed by atoms with Crippen LogP contribution in [0.4, 0.5) is 10.2 Å². The van der Waals surface area contributed by atoms with Gasteiger partial charge in [0.05, 0.1) is 5.69 Å². The highest BCUT2D eigenvalue weighted by Crippen LogP contribution is 2.27. The summed E-state index contributed by atoms with van der Waals surface area (Å²) in [5, 5.41) is 7.79. The second-order valence-electron chi connectivity index (χ2n) is 8.40. The summed E-state index contributed by atoms with van der Waals surface area (Å²) in [6, 6.07) is 14.1. The van der Waals surface area contributed by atoms with Crippen molar-refractivity contribution in [3.05, 3.63) is 78.0 Å². The second kappa shape index (κ2) is 8.97. The Kier molecular flexibility index (Phi) is 5.73. The van der Waals surface area contributed by atoms with Crippen LogP contribution in [0.5, 0.6) is 0 Å². The molecule has 0 bridgehead atoms. The highest BCUT2D eigenvalue weighted by molar-refractivity contribution is 5.79. The summed E-state index contributed by atoms with van der Waals surface area (Å²) in [6.07, 6.45) is 5.03. The van der Waals surface area contributed by atoms with Crippen LogP contribution < -0.4 is 10.2 Å². The molecule has 168 valence electrons. The number of benzene rings is 1. The van der Waals surface area contributed by atoms with Gasteiger partial charge in [-0.1, -0.05) is 6.07 Å². The molecule has 1 amide bonds. The average molecular weight is 445 g/mol. The van der Waals surface area contributed by atoms with Gasteiger partial charge < -0.3 is 10.2 Å². The van der Waals surface area contributed by atoms with Gasteiger partial charge in [-0.15, -0.1) is 0 Å². The van der Waals surface area contributed by atoms with Crippen molar-refractivity contribution < 1.29 is 9.18 Å². The molecule has 0 spiro atoms. The number of anilines is 1. The van der Waals surface area contributed by atoms with Gasteiger partial charge in [-0.05, 0) is 55.7 Å². The van der Waals surface area contributed by atoms with E-state index < -0.39 is 0 Å². The van der Waals surface area contributed by atoms with E-state index >= 15 is 0 Å². The Bertz CT molecular complexity index is 1260. The van der Waals surface area contributed by atoms with E-state index in [4.69, 9.17) is 5.10 Å². The van der Waals surface area contributed by atoms with Crippen LogP contribution in [0.2, 0.25) is 0 Å². The number of halogens is 1. The third-order valence-electron chi connectivity index (χ3n) is 6.06. The Hall–Kier alpha value is -3.81. The summed E-state index contributed by atoms with van der Waals surface area (Å²) in [7, 11) is 0. The lowest BCUT2D eigenvalue weighted by Gasteiger charge is -2.33. The molecule has 0 radical (unpaired) electrons. The van der Waals surface area contributed by atoms with Gasteiger partial charge >= 0.3 is 0 Å². The first-order valence-electron chi connectivity index (χ1n) is 11.1. The SMILES string of the molecule is Cc1cc(N2CCC(C(=O)NCc3cccnc3)CC2)n2nc(-c3ccc(F)cc3)cc2n1. The fourth-order valence-corrected chi connectivity index (χ4v) is 4.27. The molecule has 1 aromatic carbocycles. The number of carbonyl (C=O) groups excluding carboxylic acids is 1. The zero-order chi connectivity index (χ0) is 22.8. The van der Waals surface area contributed by atoms with Crippen LogP contribution >= 0.6 is 0 Å². The van der Waals surface area contributed by atoms with E-state index in [9.17, 15) is 9.18 Å². The minimum absolute atomic E-state index is 0.0104. The fraction of sp³-hybridized carbons (Fsp3) is 0.280. The van der Waals surface area contributed by atoms with Gasteiger partial charge in [0.2, 0.25) is 5.91 Å². The van der Waals surface area contributed by atoms with Crippen molar-refractivity contribution in [2.75, 3.05) is 18.0 Å². The molecule has 0 saturated carbocycles. The standard InChI is InChI=1S/C25H25FN6O/c1-17-13-24(32-23(29-17)14-22(30-32)19-4-6-21(26)7-5-19)31-11-8-20(9-12-31)25(33)28-16-18-3-2-10-27-15-18/h2-7,10,13-15,20H,8-9,11-12,16H2,1H3,(H,28,33). The van der Waals surface area contributed by atoms with Crippen LogP contribution in [-0.4, -0.2) is 38.6 Å². The van der Waals surface area contributed by atoms with E-state index in [0.717, 1.165) is 59.9 Å². The summed E-state index contributed by atoms with van der Waals surface area (Å²) in [4.78, 5) is 23.6. The molecule has 1 fully saturated rings. The number of rotatable bonds is 5. The molecule has 33 heavy (non-hydrogen) atoms. The second-order valence-corrected chi connectivity index (χ2v) is 8.40. The van der Waals surface area contributed by atoms with Gasteiger partial charge in [-0.3, -0.25) is 9.78 Å². The smallest absolute Gasteiger partial charge is 0.223 e. The number of fused-ring (bicyclic) bond motifs is 1. The van der Waals surface area contributed by atoms with Crippen molar-refractivity contribution in [3.63, 3.8) is 0 Å². The number of aryl methyl sites for hydroxylation is 1. The van der Waals surface area contributed by atoms with Crippen LogP contribution in [0.1, 0.15) is 24.1 Å². The number of amides is 1. The Morgan fingerprint density at radius 1 is 1.15 bits per heavy atom. The zero-order valence-electron chi connectivity index (χ0n) is 18.4. The van der Waals surface area contributed by atoms with Crippen LogP contribution in [0.15, 0.2) is 60.9 Å². The molecule has 0 atom stereocenters. The van der Waals surface area contributed by atoms with E-state index in [0.29, 0.717) is 6.54 Å². The molecule has 0 aliphatic carbocycles. The lowest BCUT2D eigenvalue weighted by molar-refractivity contribution is -0.125. The fourth-order valence-electron chi connectivity index (χ4n) is 4.27. The molecule has 4 aromatic rings. The van der Waals surface area contributed by atoms with Crippen molar-refractivity contribution in [2.24, 2.45) is 5.92 Å². The maximum absolute atomic E-state index is 13.3. The van der Waals surface area contributed by atoms with Gasteiger partial charge in [0.15, 0.2) is 5.65 Å². The number of nitrogens with zero attached hydrogens (tertiary/aromatic N) is 5. The first kappa shape index (κ1) is 21.1. The number of nitrogens with one attached hydrogen (secondary N) is 1. The lowest BCUT2D eigenvalue weighted by Crippen LogP contribution is -2.41. The van der Waals surface area contributed by atoms with Crippen molar-refractivity contribution in [3.8, 4) is 11.3 Å². The Morgan fingerprint density at radius 2 is 1.94 bits per heavy atom. The van der Waals surface area contributed by atoms with E-state index in [1.165, 1.54) is 12.1 Å². The molecular formula is C25H25FN6O. The number of carbonyl (C=O) groups is 1. The maximum atomic E-state index is 13.3. The number of hydrogen-bond donors (Lipinski definition) is 1. The normalized spacial score (nSPS) is 14.5. The predicted octanol–water partition coefficient (Wildman–Crippen LogP) is 3.77. The summed E-state index contributed by atoms with van der Waals surface area (Å²) in [5.41, 5.74) is 4.24. The summed E-state index contributed by atoms with van der Waals surface area (Å²) < 4.78 is 15.2. The topological polar surface area (TPSA) is 75.4 Å². The molecule has 5 rings (SSSR count). The number of pyridine rings is 1. The van der Waals surface area contributed by atoms with E-state index in [-0.39, 0.29) is 17.6 Å². The number of hydrogen-bond acceptors (Lipinski definition) is 5. The molecule has 3 aromatic heterocycles. The molecule has 8 heteroatoms.